The number of hydrogen-bond acceptors (Lipinski definition) is 6. The van der Waals surface area contributed by atoms with Crippen molar-refractivity contribution >= 4 is 5.97 Å². The van der Waals surface area contributed by atoms with Gasteiger partial charge in [0.15, 0.2) is 12.7 Å². The minimum absolute atomic E-state index is 0.0988. The van der Waals surface area contributed by atoms with Crippen LogP contribution in [0.4, 0.5) is 0 Å². The van der Waals surface area contributed by atoms with E-state index in [1.54, 1.807) is 19.1 Å². The molecule has 1 atom stereocenters. The average molecular weight is 366 g/mol. The first-order valence-electron chi connectivity index (χ1n) is 8.84. The molecule has 27 heavy (non-hydrogen) atoms. The van der Waals surface area contributed by atoms with Gasteiger partial charge in [0, 0.05) is 5.56 Å². The molecule has 2 aromatic carbocycles. The third-order valence-corrected chi connectivity index (χ3v) is 4.03. The maximum atomic E-state index is 12.1. The van der Waals surface area contributed by atoms with Crippen LogP contribution in [0.1, 0.15) is 38.1 Å². The predicted octanol–water partition coefficient (Wildman–Crippen LogP) is 4.37. The number of rotatable bonds is 7. The van der Waals surface area contributed by atoms with Crippen LogP contribution in [0.2, 0.25) is 0 Å². The van der Waals surface area contributed by atoms with Crippen LogP contribution < -0.4 is 4.74 Å². The number of carbonyl (C=O) groups is 1. The molecule has 0 spiro atoms. The molecule has 6 nitrogen and oxygen atoms in total. The molecular weight excluding hydrogens is 344 g/mol. The van der Waals surface area contributed by atoms with E-state index in [0.717, 1.165) is 5.56 Å². The zero-order valence-corrected chi connectivity index (χ0v) is 15.6. The Labute approximate surface area is 158 Å². The number of benzene rings is 2. The highest BCUT2D eigenvalue weighted by molar-refractivity contribution is 5.74. The lowest BCUT2D eigenvalue weighted by molar-refractivity contribution is -0.153. The van der Waals surface area contributed by atoms with E-state index in [2.05, 4.69) is 24.0 Å². The van der Waals surface area contributed by atoms with Crippen LogP contribution in [0.25, 0.3) is 11.4 Å². The lowest BCUT2D eigenvalue weighted by atomic mass is 10.0. The Hall–Kier alpha value is -3.15. The molecule has 0 saturated carbocycles. The van der Waals surface area contributed by atoms with E-state index in [4.69, 9.17) is 14.0 Å². The zero-order valence-electron chi connectivity index (χ0n) is 15.6. The summed E-state index contributed by atoms with van der Waals surface area (Å²) >= 11 is 0. The molecule has 0 fully saturated rings. The average Bonchev–Trinajstić information content (AvgIpc) is 3.16. The summed E-state index contributed by atoms with van der Waals surface area (Å²) in [6, 6.07) is 17.1. The number of aromatic nitrogens is 2. The molecule has 0 aliphatic heterocycles. The SMILES string of the molecule is CC(Oc1ccccc1)C(=O)OCc1nc(-c2ccc(C(C)C)cc2)no1. The molecular formula is C21H22N2O4. The second-order valence-electron chi connectivity index (χ2n) is 6.47. The molecule has 1 unspecified atom stereocenters. The highest BCUT2D eigenvalue weighted by Crippen LogP contribution is 2.20. The second kappa shape index (κ2) is 8.49. The van der Waals surface area contributed by atoms with E-state index in [0.29, 0.717) is 17.5 Å². The van der Waals surface area contributed by atoms with Gasteiger partial charge in [0.05, 0.1) is 0 Å². The zero-order chi connectivity index (χ0) is 19.2. The van der Waals surface area contributed by atoms with Crippen molar-refractivity contribution in [2.75, 3.05) is 0 Å². The highest BCUT2D eigenvalue weighted by Gasteiger charge is 2.18. The van der Waals surface area contributed by atoms with Gasteiger partial charge in [-0.05, 0) is 30.5 Å². The molecule has 3 aromatic rings. The first-order chi connectivity index (χ1) is 13.0. The van der Waals surface area contributed by atoms with Gasteiger partial charge < -0.3 is 14.0 Å². The van der Waals surface area contributed by atoms with Gasteiger partial charge in [-0.15, -0.1) is 0 Å². The Morgan fingerprint density at radius 1 is 1.04 bits per heavy atom. The molecule has 0 radical (unpaired) electrons. The van der Waals surface area contributed by atoms with E-state index in [-0.39, 0.29) is 12.5 Å². The molecule has 0 aliphatic rings. The molecule has 1 aromatic heterocycles. The van der Waals surface area contributed by atoms with Crippen LogP contribution in [-0.2, 0) is 16.1 Å². The summed E-state index contributed by atoms with van der Waals surface area (Å²) in [7, 11) is 0. The molecule has 0 N–H and O–H groups in total. The van der Waals surface area contributed by atoms with Crippen LogP contribution in [0.5, 0.6) is 5.75 Å². The summed E-state index contributed by atoms with van der Waals surface area (Å²) < 4.78 is 15.9. The molecule has 1 heterocycles. The van der Waals surface area contributed by atoms with Crippen LogP contribution in [-0.4, -0.2) is 22.2 Å². The Balaban J connectivity index is 1.55. The number of nitrogens with zero attached hydrogens (tertiary/aromatic N) is 2. The summed E-state index contributed by atoms with van der Waals surface area (Å²) in [6.45, 7) is 5.81. The monoisotopic (exact) mass is 366 g/mol. The van der Waals surface area contributed by atoms with Crippen molar-refractivity contribution in [1.29, 1.82) is 0 Å². The number of ether oxygens (including phenoxy) is 2. The second-order valence-corrected chi connectivity index (χ2v) is 6.47. The fraction of sp³-hybridized carbons (Fsp3) is 0.286. The fourth-order valence-electron chi connectivity index (χ4n) is 2.45. The van der Waals surface area contributed by atoms with Crippen LogP contribution >= 0.6 is 0 Å². The summed E-state index contributed by atoms with van der Waals surface area (Å²) in [4.78, 5) is 16.3. The molecule has 140 valence electrons. The minimum Gasteiger partial charge on any atom is -0.479 e. The molecule has 6 heteroatoms. The van der Waals surface area contributed by atoms with Gasteiger partial charge in [-0.25, -0.2) is 4.79 Å². The van der Waals surface area contributed by atoms with Gasteiger partial charge in [-0.1, -0.05) is 61.5 Å². The molecule has 3 rings (SSSR count). The maximum absolute atomic E-state index is 12.1. The van der Waals surface area contributed by atoms with Crippen molar-refractivity contribution in [2.24, 2.45) is 0 Å². The Kier molecular flexibility index (Phi) is 5.86. The molecule has 0 saturated heterocycles. The fourth-order valence-corrected chi connectivity index (χ4v) is 2.45. The van der Waals surface area contributed by atoms with Crippen molar-refractivity contribution in [3.05, 3.63) is 66.1 Å². The summed E-state index contributed by atoms with van der Waals surface area (Å²) in [5, 5.41) is 3.94. The molecule has 0 bridgehead atoms. The van der Waals surface area contributed by atoms with Gasteiger partial charge >= 0.3 is 5.97 Å². The number of carbonyl (C=O) groups excluding carboxylic acids is 1. The van der Waals surface area contributed by atoms with Crippen molar-refractivity contribution < 1.29 is 18.8 Å². The topological polar surface area (TPSA) is 74.5 Å². The van der Waals surface area contributed by atoms with E-state index < -0.39 is 12.1 Å². The first-order valence-corrected chi connectivity index (χ1v) is 8.84. The van der Waals surface area contributed by atoms with E-state index in [1.807, 2.05) is 42.5 Å². The first kappa shape index (κ1) is 18.6. The van der Waals surface area contributed by atoms with Gasteiger partial charge in [0.1, 0.15) is 5.75 Å². The summed E-state index contributed by atoms with van der Waals surface area (Å²) in [5.41, 5.74) is 2.09. The Bertz CT molecular complexity index is 873. The van der Waals surface area contributed by atoms with Gasteiger partial charge in [0.2, 0.25) is 5.82 Å². The van der Waals surface area contributed by atoms with Crippen LogP contribution in [0.3, 0.4) is 0 Å². The third kappa shape index (κ3) is 4.94. The summed E-state index contributed by atoms with van der Waals surface area (Å²) in [6.07, 6.45) is -0.738. The smallest absolute Gasteiger partial charge is 0.347 e. The Morgan fingerprint density at radius 2 is 1.74 bits per heavy atom. The van der Waals surface area contributed by atoms with Gasteiger partial charge in [-0.3, -0.25) is 0 Å². The van der Waals surface area contributed by atoms with Gasteiger partial charge in [0.25, 0.3) is 5.89 Å². The number of esters is 1. The number of para-hydroxylation sites is 1. The highest BCUT2D eigenvalue weighted by atomic mass is 16.6. The third-order valence-electron chi connectivity index (χ3n) is 4.03. The van der Waals surface area contributed by atoms with Crippen molar-refractivity contribution in [2.45, 2.75) is 39.4 Å². The van der Waals surface area contributed by atoms with E-state index >= 15 is 0 Å². The largest absolute Gasteiger partial charge is 0.479 e. The summed E-state index contributed by atoms with van der Waals surface area (Å²) in [5.74, 6) is 1.26. The Morgan fingerprint density at radius 3 is 2.41 bits per heavy atom. The lowest BCUT2D eigenvalue weighted by Gasteiger charge is -2.12. The van der Waals surface area contributed by atoms with E-state index in [9.17, 15) is 4.79 Å². The number of hydrogen-bond donors (Lipinski definition) is 0. The van der Waals surface area contributed by atoms with Crippen molar-refractivity contribution in [3.8, 4) is 17.1 Å². The quantitative estimate of drug-likeness (QED) is 0.578. The normalized spacial score (nSPS) is 12.0. The minimum atomic E-state index is -0.738. The standard InChI is InChI=1S/C21H22N2O4/c1-14(2)16-9-11-17(12-10-16)20-22-19(27-23-20)13-25-21(24)15(3)26-18-7-5-4-6-8-18/h4-12,14-15H,13H2,1-3H3. The van der Waals surface area contributed by atoms with Crippen LogP contribution in [0, 0.1) is 0 Å². The van der Waals surface area contributed by atoms with Gasteiger partial charge in [-0.2, -0.15) is 4.98 Å². The van der Waals surface area contributed by atoms with Crippen LogP contribution in [0.15, 0.2) is 59.1 Å². The lowest BCUT2D eigenvalue weighted by Crippen LogP contribution is -2.26. The van der Waals surface area contributed by atoms with E-state index in [1.165, 1.54) is 5.56 Å². The maximum Gasteiger partial charge on any atom is 0.347 e. The predicted molar refractivity (Wildman–Crippen MR) is 100 cm³/mol. The van der Waals surface area contributed by atoms with Crippen molar-refractivity contribution in [1.82, 2.24) is 10.1 Å². The van der Waals surface area contributed by atoms with Crippen molar-refractivity contribution in [3.63, 3.8) is 0 Å². The molecule has 0 amide bonds. The molecule has 0 aliphatic carbocycles.